The monoisotopic (exact) mass is 496 g/mol. The molecule has 6 nitrogen and oxygen atoms in total. The van der Waals surface area contributed by atoms with Crippen molar-refractivity contribution in [1.82, 2.24) is 10.6 Å². The molecule has 3 aromatic rings. The fourth-order valence-corrected chi connectivity index (χ4v) is 3.55. The van der Waals surface area contributed by atoms with Crippen LogP contribution in [0.2, 0.25) is 0 Å². The Morgan fingerprint density at radius 3 is 2.62 bits per heavy atom. The van der Waals surface area contributed by atoms with Gasteiger partial charge in [-0.05, 0) is 69.5 Å². The Labute approximate surface area is 192 Å². The summed E-state index contributed by atoms with van der Waals surface area (Å²) in [5.41, 5.74) is 1.58. The van der Waals surface area contributed by atoms with Crippen LogP contribution in [0.25, 0.3) is 6.08 Å². The van der Waals surface area contributed by atoms with Gasteiger partial charge in [0.15, 0.2) is 11.5 Å². The molecular formula is C24H18BrFN2O4. The highest BCUT2D eigenvalue weighted by atomic mass is 79.9. The van der Waals surface area contributed by atoms with Crippen LogP contribution in [0.15, 0.2) is 76.9 Å². The molecule has 1 heterocycles. The van der Waals surface area contributed by atoms with Gasteiger partial charge in [0.05, 0.1) is 5.56 Å². The first-order chi connectivity index (χ1) is 15.5. The maximum atomic E-state index is 13.6. The molecule has 0 saturated carbocycles. The first-order valence-corrected chi connectivity index (χ1v) is 10.5. The minimum atomic E-state index is -0.521. The lowest BCUT2D eigenvalue weighted by molar-refractivity contribution is -0.117. The maximum absolute atomic E-state index is 13.6. The van der Waals surface area contributed by atoms with Crippen LogP contribution < -0.4 is 20.1 Å². The van der Waals surface area contributed by atoms with E-state index >= 15 is 0 Å². The van der Waals surface area contributed by atoms with E-state index in [1.165, 1.54) is 24.3 Å². The normalized spacial score (nSPS) is 12.4. The number of hydrogen-bond donors (Lipinski definition) is 2. The van der Waals surface area contributed by atoms with Gasteiger partial charge in [-0.3, -0.25) is 9.59 Å². The lowest BCUT2D eigenvalue weighted by Crippen LogP contribution is -2.34. The molecule has 2 N–H and O–H groups in total. The first kappa shape index (κ1) is 21.6. The molecule has 3 aromatic carbocycles. The van der Waals surface area contributed by atoms with Gasteiger partial charge in [0.2, 0.25) is 6.79 Å². The third kappa shape index (κ3) is 5.15. The fourth-order valence-electron chi connectivity index (χ4n) is 3.08. The summed E-state index contributed by atoms with van der Waals surface area (Å²) in [4.78, 5) is 25.7. The Balaban J connectivity index is 1.54. The molecule has 1 aliphatic rings. The summed E-state index contributed by atoms with van der Waals surface area (Å²) < 4.78 is 24.9. The maximum Gasteiger partial charge on any atom is 0.268 e. The van der Waals surface area contributed by atoms with Gasteiger partial charge >= 0.3 is 0 Å². The Hall–Kier alpha value is -3.65. The van der Waals surface area contributed by atoms with E-state index in [1.807, 2.05) is 6.07 Å². The molecule has 0 bridgehead atoms. The average molecular weight is 497 g/mol. The lowest BCUT2D eigenvalue weighted by atomic mass is 10.1. The molecule has 1 aliphatic heterocycles. The standard InChI is InChI=1S/C24H18BrFN2O4/c25-19-7-2-1-6-18(19)23(29)28-20(11-15-4-3-5-17(26)10-15)24(30)27-13-16-8-9-21-22(12-16)32-14-31-21/h1-12H,13-14H2,(H,27,30)(H,28,29)/b20-11-. The summed E-state index contributed by atoms with van der Waals surface area (Å²) in [6, 6.07) is 17.9. The predicted octanol–water partition coefficient (Wildman–Crippen LogP) is 4.40. The Morgan fingerprint density at radius 1 is 1.00 bits per heavy atom. The van der Waals surface area contributed by atoms with E-state index in [2.05, 4.69) is 26.6 Å². The second-order valence-corrected chi connectivity index (χ2v) is 7.77. The van der Waals surface area contributed by atoms with Crippen LogP contribution in [0.5, 0.6) is 11.5 Å². The number of carbonyl (C=O) groups excluding carboxylic acids is 2. The molecule has 0 aliphatic carbocycles. The van der Waals surface area contributed by atoms with Gasteiger partial charge in [-0.15, -0.1) is 0 Å². The van der Waals surface area contributed by atoms with Crippen molar-refractivity contribution >= 4 is 33.8 Å². The van der Waals surface area contributed by atoms with Gasteiger partial charge in [-0.1, -0.05) is 30.3 Å². The molecule has 0 spiro atoms. The fraction of sp³-hybridized carbons (Fsp3) is 0.0833. The zero-order valence-electron chi connectivity index (χ0n) is 16.7. The van der Waals surface area contributed by atoms with E-state index in [0.717, 1.165) is 5.56 Å². The van der Waals surface area contributed by atoms with Crippen LogP contribution in [0, 0.1) is 5.82 Å². The topological polar surface area (TPSA) is 76.7 Å². The van der Waals surface area contributed by atoms with Crippen LogP contribution in [-0.4, -0.2) is 18.6 Å². The largest absolute Gasteiger partial charge is 0.454 e. The smallest absolute Gasteiger partial charge is 0.268 e. The SMILES string of the molecule is O=C(NCc1ccc2c(c1)OCO2)/C(=C/c1cccc(F)c1)NC(=O)c1ccccc1Br. The number of amides is 2. The van der Waals surface area contributed by atoms with Crippen molar-refractivity contribution < 1.29 is 23.5 Å². The van der Waals surface area contributed by atoms with Crippen molar-refractivity contribution in [1.29, 1.82) is 0 Å². The van der Waals surface area contributed by atoms with Gasteiger partial charge in [0, 0.05) is 11.0 Å². The summed E-state index contributed by atoms with van der Waals surface area (Å²) in [6.07, 6.45) is 1.42. The summed E-state index contributed by atoms with van der Waals surface area (Å²) in [5, 5.41) is 5.41. The van der Waals surface area contributed by atoms with Crippen molar-refractivity contribution in [3.05, 3.63) is 99.4 Å². The third-order valence-electron chi connectivity index (χ3n) is 4.66. The van der Waals surface area contributed by atoms with Crippen LogP contribution in [0.1, 0.15) is 21.5 Å². The van der Waals surface area contributed by atoms with Crippen molar-refractivity contribution in [2.45, 2.75) is 6.54 Å². The number of nitrogens with one attached hydrogen (secondary N) is 2. The molecule has 8 heteroatoms. The second-order valence-electron chi connectivity index (χ2n) is 6.92. The molecule has 0 saturated heterocycles. The van der Waals surface area contributed by atoms with Crippen LogP contribution >= 0.6 is 15.9 Å². The third-order valence-corrected chi connectivity index (χ3v) is 5.35. The minimum Gasteiger partial charge on any atom is -0.454 e. The quantitative estimate of drug-likeness (QED) is 0.495. The van der Waals surface area contributed by atoms with E-state index in [4.69, 9.17) is 9.47 Å². The molecule has 32 heavy (non-hydrogen) atoms. The van der Waals surface area contributed by atoms with Crippen molar-refractivity contribution in [2.75, 3.05) is 6.79 Å². The van der Waals surface area contributed by atoms with Gasteiger partial charge in [0.25, 0.3) is 11.8 Å². The highest BCUT2D eigenvalue weighted by Gasteiger charge is 2.17. The highest BCUT2D eigenvalue weighted by molar-refractivity contribution is 9.10. The Morgan fingerprint density at radius 2 is 1.81 bits per heavy atom. The van der Waals surface area contributed by atoms with Crippen molar-refractivity contribution in [3.63, 3.8) is 0 Å². The van der Waals surface area contributed by atoms with Gasteiger partial charge in [-0.25, -0.2) is 4.39 Å². The predicted molar refractivity (Wildman–Crippen MR) is 120 cm³/mol. The zero-order valence-corrected chi connectivity index (χ0v) is 18.3. The highest BCUT2D eigenvalue weighted by Crippen LogP contribution is 2.32. The summed E-state index contributed by atoms with van der Waals surface area (Å²) in [5.74, 6) is -0.191. The average Bonchev–Trinajstić information content (AvgIpc) is 3.25. The summed E-state index contributed by atoms with van der Waals surface area (Å²) >= 11 is 3.33. The molecule has 4 rings (SSSR count). The number of carbonyl (C=O) groups is 2. The van der Waals surface area contributed by atoms with E-state index < -0.39 is 17.6 Å². The second kappa shape index (κ2) is 9.65. The van der Waals surface area contributed by atoms with Crippen LogP contribution in [-0.2, 0) is 11.3 Å². The number of rotatable bonds is 6. The molecule has 0 fully saturated rings. The van der Waals surface area contributed by atoms with Gasteiger partial charge in [-0.2, -0.15) is 0 Å². The van der Waals surface area contributed by atoms with Gasteiger partial charge in [0.1, 0.15) is 11.5 Å². The van der Waals surface area contributed by atoms with Gasteiger partial charge < -0.3 is 20.1 Å². The van der Waals surface area contributed by atoms with E-state index in [1.54, 1.807) is 42.5 Å². The molecule has 0 unspecified atom stereocenters. The number of hydrogen-bond acceptors (Lipinski definition) is 4. The van der Waals surface area contributed by atoms with Crippen molar-refractivity contribution in [3.8, 4) is 11.5 Å². The number of halogens is 2. The molecule has 0 atom stereocenters. The van der Waals surface area contributed by atoms with E-state index in [9.17, 15) is 14.0 Å². The summed E-state index contributed by atoms with van der Waals surface area (Å²) in [6.45, 7) is 0.355. The Kier molecular flexibility index (Phi) is 6.51. The zero-order chi connectivity index (χ0) is 22.5. The number of ether oxygens (including phenoxy) is 2. The van der Waals surface area contributed by atoms with E-state index in [0.29, 0.717) is 27.1 Å². The molecule has 0 radical (unpaired) electrons. The van der Waals surface area contributed by atoms with Crippen molar-refractivity contribution in [2.24, 2.45) is 0 Å². The Bertz CT molecular complexity index is 1210. The molecule has 162 valence electrons. The lowest BCUT2D eigenvalue weighted by Gasteiger charge is -2.12. The number of benzene rings is 3. The molecule has 0 aromatic heterocycles. The minimum absolute atomic E-state index is 0.0166. The summed E-state index contributed by atoms with van der Waals surface area (Å²) in [7, 11) is 0. The van der Waals surface area contributed by atoms with Crippen LogP contribution in [0.4, 0.5) is 4.39 Å². The molecule has 2 amide bonds. The van der Waals surface area contributed by atoms with Crippen LogP contribution in [0.3, 0.4) is 0 Å². The molecular weight excluding hydrogens is 479 g/mol. The first-order valence-electron chi connectivity index (χ1n) is 9.69. The van der Waals surface area contributed by atoms with E-state index in [-0.39, 0.29) is 19.0 Å². The number of fused-ring (bicyclic) bond motifs is 1.